The first kappa shape index (κ1) is 24.7. The van der Waals surface area contributed by atoms with Gasteiger partial charge in [0, 0.05) is 22.2 Å². The van der Waals surface area contributed by atoms with E-state index in [0.29, 0.717) is 32.8 Å². The molecule has 0 atom stereocenters. The van der Waals surface area contributed by atoms with Gasteiger partial charge in [-0.25, -0.2) is 13.2 Å². The number of ether oxygens (including phenoxy) is 1. The zero-order valence-corrected chi connectivity index (χ0v) is 19.4. The Bertz CT molecular complexity index is 1580. The molecule has 0 saturated heterocycles. The summed E-state index contributed by atoms with van der Waals surface area (Å²) in [5.74, 6) is -13.5. The van der Waals surface area contributed by atoms with E-state index in [4.69, 9.17) is 16.3 Å². The van der Waals surface area contributed by atoms with E-state index in [1.54, 1.807) is 19.1 Å². The van der Waals surface area contributed by atoms with Crippen LogP contribution >= 0.6 is 11.6 Å². The fraction of sp³-hybridized carbons (Fsp3) is 0.0870. The second-order valence-corrected chi connectivity index (χ2v) is 9.23. The van der Waals surface area contributed by atoms with Crippen LogP contribution in [0.4, 0.5) is 22.0 Å². The van der Waals surface area contributed by atoms with Crippen molar-refractivity contribution in [3.63, 3.8) is 0 Å². The normalized spacial score (nSPS) is 11.7. The zero-order chi connectivity index (χ0) is 25.7. The Hall–Kier alpha value is -3.44. The van der Waals surface area contributed by atoms with E-state index in [2.05, 4.69) is 9.17 Å². The molecular formula is C23H13ClF5NO4S. The molecule has 0 saturated carbocycles. The molecule has 182 valence electrons. The quantitative estimate of drug-likeness (QED) is 0.131. The van der Waals surface area contributed by atoms with Gasteiger partial charge in [0.1, 0.15) is 10.6 Å². The summed E-state index contributed by atoms with van der Waals surface area (Å²) in [4.78, 5) is 3.75. The van der Waals surface area contributed by atoms with Gasteiger partial charge in [0.2, 0.25) is 34.8 Å². The van der Waals surface area contributed by atoms with Crippen LogP contribution in [0.5, 0.6) is 11.5 Å². The maximum Gasteiger partial charge on any atom is 0.339 e. The highest BCUT2D eigenvalue weighted by atomic mass is 35.5. The summed E-state index contributed by atoms with van der Waals surface area (Å²) >= 11 is 6.16. The molecule has 0 aliphatic carbocycles. The fourth-order valence-electron chi connectivity index (χ4n) is 3.36. The number of fused-ring (bicyclic) bond motifs is 1. The Morgan fingerprint density at radius 1 is 0.886 bits per heavy atom. The molecule has 35 heavy (non-hydrogen) atoms. The molecule has 0 amide bonds. The molecule has 1 heterocycles. The lowest BCUT2D eigenvalue weighted by molar-refractivity contribution is 0.346. The first-order chi connectivity index (χ1) is 16.5. The molecule has 12 heteroatoms. The van der Waals surface area contributed by atoms with Crippen molar-refractivity contribution in [3.8, 4) is 22.8 Å². The fourth-order valence-corrected chi connectivity index (χ4v) is 4.48. The molecule has 0 spiro atoms. The lowest BCUT2D eigenvalue weighted by Gasteiger charge is -2.14. The second kappa shape index (κ2) is 8.97. The van der Waals surface area contributed by atoms with E-state index >= 15 is 0 Å². The van der Waals surface area contributed by atoms with Crippen LogP contribution in [0.15, 0.2) is 47.5 Å². The van der Waals surface area contributed by atoms with Crippen LogP contribution < -0.4 is 8.92 Å². The summed E-state index contributed by atoms with van der Waals surface area (Å²) in [5.41, 5.74) is 1.72. The summed E-state index contributed by atoms with van der Waals surface area (Å²) in [5, 5.41) is 1.26. The van der Waals surface area contributed by atoms with Crippen molar-refractivity contribution < 1.29 is 39.3 Å². The minimum Gasteiger partial charge on any atom is -0.496 e. The molecule has 0 unspecified atom stereocenters. The molecule has 0 aliphatic rings. The van der Waals surface area contributed by atoms with Gasteiger partial charge in [0.15, 0.2) is 0 Å². The van der Waals surface area contributed by atoms with Crippen molar-refractivity contribution in [2.24, 2.45) is 0 Å². The van der Waals surface area contributed by atoms with Crippen molar-refractivity contribution in [1.29, 1.82) is 0 Å². The Kier molecular flexibility index (Phi) is 6.32. The Morgan fingerprint density at radius 2 is 1.51 bits per heavy atom. The highest BCUT2D eigenvalue weighted by molar-refractivity contribution is 7.87. The van der Waals surface area contributed by atoms with Gasteiger partial charge in [-0.05, 0) is 48.2 Å². The average molecular weight is 530 g/mol. The van der Waals surface area contributed by atoms with Crippen LogP contribution in [0.3, 0.4) is 0 Å². The van der Waals surface area contributed by atoms with Gasteiger partial charge in [-0.2, -0.15) is 17.2 Å². The van der Waals surface area contributed by atoms with E-state index in [9.17, 15) is 30.4 Å². The van der Waals surface area contributed by atoms with Gasteiger partial charge in [-0.1, -0.05) is 17.7 Å². The van der Waals surface area contributed by atoms with E-state index in [0.717, 1.165) is 17.7 Å². The topological polar surface area (TPSA) is 65.5 Å². The Morgan fingerprint density at radius 3 is 2.14 bits per heavy atom. The Labute approximate surface area is 200 Å². The number of nitrogens with zero attached hydrogens (tertiary/aromatic N) is 1. The van der Waals surface area contributed by atoms with Crippen molar-refractivity contribution >= 4 is 32.5 Å². The lowest BCUT2D eigenvalue weighted by Crippen LogP contribution is -2.14. The molecule has 0 fully saturated rings. The third-order valence-corrected chi connectivity index (χ3v) is 6.75. The maximum atomic E-state index is 13.9. The van der Waals surface area contributed by atoms with E-state index in [1.807, 2.05) is 0 Å². The number of hydrogen-bond acceptors (Lipinski definition) is 5. The molecule has 1 aromatic heterocycles. The SMILES string of the molecule is COc1cc(Cl)c(C)cc1-c1nccc2cc(S(=O)(=O)Oc3c(F)c(F)c(F)c(F)c3F)ccc12. The molecule has 0 bridgehead atoms. The molecule has 4 aromatic rings. The van der Waals surface area contributed by atoms with Gasteiger partial charge in [0.05, 0.1) is 12.8 Å². The van der Waals surface area contributed by atoms with E-state index in [-0.39, 0.29) is 0 Å². The van der Waals surface area contributed by atoms with Crippen LogP contribution in [0, 0.1) is 36.0 Å². The summed E-state index contributed by atoms with van der Waals surface area (Å²) in [7, 11) is -3.56. The summed E-state index contributed by atoms with van der Waals surface area (Å²) in [6.07, 6.45) is 1.39. The zero-order valence-electron chi connectivity index (χ0n) is 17.8. The molecule has 3 aromatic carbocycles. The van der Waals surface area contributed by atoms with Gasteiger partial charge >= 0.3 is 10.1 Å². The van der Waals surface area contributed by atoms with Crippen LogP contribution in [0.25, 0.3) is 22.0 Å². The standard InChI is InChI=1S/C23H13ClF5NO4S/c1-10-7-14(16(33-2)9-15(10)24)22-13-4-3-12(8-11(13)5-6-30-22)35(31,32)34-23-20(28)18(26)17(25)19(27)21(23)29/h3-9H,1-2H3. The number of hydrogen-bond donors (Lipinski definition) is 0. The lowest BCUT2D eigenvalue weighted by atomic mass is 10.0. The smallest absolute Gasteiger partial charge is 0.339 e. The van der Waals surface area contributed by atoms with Gasteiger partial charge < -0.3 is 8.92 Å². The van der Waals surface area contributed by atoms with E-state index < -0.39 is 49.8 Å². The van der Waals surface area contributed by atoms with Gasteiger partial charge in [0.25, 0.3) is 0 Å². The predicted molar refractivity (Wildman–Crippen MR) is 118 cm³/mol. The van der Waals surface area contributed by atoms with Crippen molar-refractivity contribution in [3.05, 3.63) is 82.3 Å². The first-order valence-corrected chi connectivity index (χ1v) is 11.4. The molecule has 0 aliphatic heterocycles. The van der Waals surface area contributed by atoms with Crippen molar-refractivity contribution in [1.82, 2.24) is 4.98 Å². The summed E-state index contributed by atoms with van der Waals surface area (Å²) < 4.78 is 103. The van der Waals surface area contributed by atoms with Gasteiger partial charge in [-0.3, -0.25) is 4.98 Å². The number of rotatable bonds is 5. The van der Waals surface area contributed by atoms with Crippen LogP contribution in [0.2, 0.25) is 5.02 Å². The highest BCUT2D eigenvalue weighted by Crippen LogP contribution is 2.38. The van der Waals surface area contributed by atoms with Gasteiger partial charge in [-0.15, -0.1) is 0 Å². The number of methoxy groups -OCH3 is 1. The third kappa shape index (κ3) is 4.25. The Balaban J connectivity index is 1.82. The minimum absolute atomic E-state index is 0.326. The number of benzene rings is 3. The molecule has 0 radical (unpaired) electrons. The first-order valence-electron chi connectivity index (χ1n) is 9.65. The number of aryl methyl sites for hydroxylation is 1. The number of aromatic nitrogens is 1. The van der Waals surface area contributed by atoms with Crippen LogP contribution in [-0.4, -0.2) is 20.5 Å². The predicted octanol–water partition coefficient (Wildman–Crippen LogP) is 6.34. The highest BCUT2D eigenvalue weighted by Gasteiger charge is 2.31. The molecule has 0 N–H and O–H groups in total. The average Bonchev–Trinajstić information content (AvgIpc) is 2.84. The minimum atomic E-state index is -5.00. The monoisotopic (exact) mass is 529 g/mol. The van der Waals surface area contributed by atoms with E-state index in [1.165, 1.54) is 25.4 Å². The largest absolute Gasteiger partial charge is 0.496 e. The summed E-state index contributed by atoms with van der Waals surface area (Å²) in [6.45, 7) is 1.78. The van der Waals surface area contributed by atoms with Crippen molar-refractivity contribution in [2.75, 3.05) is 7.11 Å². The van der Waals surface area contributed by atoms with Crippen molar-refractivity contribution in [2.45, 2.75) is 11.8 Å². The molecule has 5 nitrogen and oxygen atoms in total. The molecular weight excluding hydrogens is 517 g/mol. The second-order valence-electron chi connectivity index (χ2n) is 7.28. The molecule has 4 rings (SSSR count). The summed E-state index contributed by atoms with van der Waals surface area (Å²) in [6, 6.07) is 8.31. The number of pyridine rings is 1. The maximum absolute atomic E-state index is 13.9. The van der Waals surface area contributed by atoms with Crippen LogP contribution in [-0.2, 0) is 10.1 Å². The van der Waals surface area contributed by atoms with Crippen LogP contribution in [0.1, 0.15) is 5.56 Å². The number of halogens is 6. The third-order valence-electron chi connectivity index (χ3n) is 5.12.